The monoisotopic (exact) mass is 424 g/mol. The number of benzene rings is 1. The lowest BCUT2D eigenvalue weighted by Gasteiger charge is -2.48. The first-order valence-electron chi connectivity index (χ1n) is 11.3. The lowest BCUT2D eigenvalue weighted by molar-refractivity contribution is -0.131. The third-order valence-corrected chi connectivity index (χ3v) is 7.54. The van der Waals surface area contributed by atoms with Gasteiger partial charge in [0, 0.05) is 24.4 Å². The van der Waals surface area contributed by atoms with Crippen molar-refractivity contribution in [3.8, 4) is 5.75 Å². The fraction of sp³-hybridized carbons (Fsp3) is 0.625. The first-order valence-corrected chi connectivity index (χ1v) is 11.3. The molecular weight excluding hydrogens is 392 g/mol. The molecule has 1 aromatic carbocycles. The minimum atomic E-state index is -0.465. The number of hydrogen-bond acceptors (Lipinski definition) is 5. The summed E-state index contributed by atoms with van der Waals surface area (Å²) < 4.78 is 6.30. The molecule has 2 amide bonds. The summed E-state index contributed by atoms with van der Waals surface area (Å²) >= 11 is 0. The van der Waals surface area contributed by atoms with E-state index < -0.39 is 5.54 Å². The summed E-state index contributed by atoms with van der Waals surface area (Å²) in [6.07, 6.45) is 5.16. The van der Waals surface area contributed by atoms with Gasteiger partial charge < -0.3 is 15.8 Å². The zero-order valence-electron chi connectivity index (χ0n) is 18.6. The van der Waals surface area contributed by atoms with Gasteiger partial charge in [0.2, 0.25) is 11.8 Å². The largest absolute Gasteiger partial charge is 0.487 e. The first kappa shape index (κ1) is 20.3. The van der Waals surface area contributed by atoms with Gasteiger partial charge in [0.15, 0.2) is 5.96 Å². The highest BCUT2D eigenvalue weighted by Crippen LogP contribution is 2.54. The number of amides is 2. The predicted molar refractivity (Wildman–Crippen MR) is 117 cm³/mol. The number of aliphatic imine (C=N–C) groups is 1. The molecule has 2 unspecified atom stereocenters. The van der Waals surface area contributed by atoms with E-state index in [0.29, 0.717) is 13.0 Å². The standard InChI is InChI=1S/C24H32N4O3/c1-22(2)13-19(29)28(21(25)27-22)14-23(3)11-16(23)20(30)26-17-12-24(9-6-10-24)31-18-8-5-4-7-15(17)18/h4-5,7-8,16-17H,6,9-14H2,1-3H3,(H2,25,27)(H,26,30)/t16?,17?,23-/m1/s1. The first-order chi connectivity index (χ1) is 14.6. The van der Waals surface area contributed by atoms with Crippen LogP contribution in [0.25, 0.3) is 0 Å². The molecule has 1 spiro atoms. The molecule has 5 rings (SSSR count). The number of ether oxygens (including phenoxy) is 1. The van der Waals surface area contributed by atoms with Crippen molar-refractivity contribution >= 4 is 17.8 Å². The normalized spacial score (nSPS) is 32.4. The number of fused-ring (bicyclic) bond motifs is 1. The van der Waals surface area contributed by atoms with Gasteiger partial charge in [-0.3, -0.25) is 14.5 Å². The van der Waals surface area contributed by atoms with Crippen LogP contribution >= 0.6 is 0 Å². The van der Waals surface area contributed by atoms with Crippen LogP contribution in [-0.2, 0) is 9.59 Å². The van der Waals surface area contributed by atoms with Crippen molar-refractivity contribution in [3.05, 3.63) is 29.8 Å². The fourth-order valence-corrected chi connectivity index (χ4v) is 5.42. The van der Waals surface area contributed by atoms with Crippen LogP contribution in [0.5, 0.6) is 5.75 Å². The molecule has 4 aliphatic rings. The van der Waals surface area contributed by atoms with Gasteiger partial charge in [-0.05, 0) is 51.0 Å². The van der Waals surface area contributed by atoms with Crippen LogP contribution in [0, 0.1) is 11.3 Å². The summed E-state index contributed by atoms with van der Waals surface area (Å²) in [5.41, 5.74) is 6.28. The van der Waals surface area contributed by atoms with Gasteiger partial charge in [-0.1, -0.05) is 25.1 Å². The SMILES string of the molecule is CC1(C)CC(=O)N(C[C@@]2(C)CC2C(=O)NC2CC3(CCC3)Oc3ccccc32)C(N)=N1. The number of nitrogens with zero attached hydrogens (tertiary/aromatic N) is 2. The molecular formula is C24H32N4O3. The Hall–Kier alpha value is -2.57. The van der Waals surface area contributed by atoms with E-state index in [-0.39, 0.29) is 40.7 Å². The van der Waals surface area contributed by atoms with Gasteiger partial charge in [-0.15, -0.1) is 0 Å². The topological polar surface area (TPSA) is 97.0 Å². The van der Waals surface area contributed by atoms with Crippen LogP contribution in [-0.4, -0.2) is 40.4 Å². The van der Waals surface area contributed by atoms with Crippen LogP contribution in [0.15, 0.2) is 29.3 Å². The third-order valence-electron chi connectivity index (χ3n) is 7.54. The molecule has 1 aromatic rings. The summed E-state index contributed by atoms with van der Waals surface area (Å²) in [5, 5.41) is 3.30. The Labute approximate surface area is 183 Å². The maximum absolute atomic E-state index is 13.2. The average Bonchev–Trinajstić information content (AvgIpc) is 3.34. The van der Waals surface area contributed by atoms with Crippen LogP contribution in [0.4, 0.5) is 0 Å². The van der Waals surface area contributed by atoms with Crippen LogP contribution in [0.2, 0.25) is 0 Å². The highest BCUT2D eigenvalue weighted by atomic mass is 16.5. The summed E-state index contributed by atoms with van der Waals surface area (Å²) in [6.45, 7) is 6.31. The maximum atomic E-state index is 13.2. The number of carbonyl (C=O) groups excluding carboxylic acids is 2. The molecule has 2 saturated carbocycles. The van der Waals surface area contributed by atoms with Crippen LogP contribution in [0.3, 0.4) is 0 Å². The number of para-hydroxylation sites is 1. The van der Waals surface area contributed by atoms with Gasteiger partial charge in [0.25, 0.3) is 0 Å². The van der Waals surface area contributed by atoms with Gasteiger partial charge in [-0.25, -0.2) is 4.99 Å². The Balaban J connectivity index is 1.28. The summed E-state index contributed by atoms with van der Waals surface area (Å²) in [5.74, 6) is 1.06. The molecule has 3 atom stereocenters. The molecule has 2 heterocycles. The number of guanidine groups is 1. The second-order valence-corrected chi connectivity index (χ2v) is 10.8. The van der Waals surface area contributed by atoms with Gasteiger partial charge >= 0.3 is 0 Å². The molecule has 2 aliphatic heterocycles. The Bertz CT molecular complexity index is 967. The molecule has 0 radical (unpaired) electrons. The number of hydrogen-bond donors (Lipinski definition) is 2. The Morgan fingerprint density at radius 2 is 2.00 bits per heavy atom. The molecule has 0 saturated heterocycles. The van der Waals surface area contributed by atoms with E-state index in [1.165, 1.54) is 6.42 Å². The molecule has 0 bridgehead atoms. The molecule has 7 nitrogen and oxygen atoms in total. The summed E-state index contributed by atoms with van der Waals surface area (Å²) in [7, 11) is 0. The highest BCUT2D eigenvalue weighted by Gasteiger charge is 2.57. The van der Waals surface area contributed by atoms with Crippen molar-refractivity contribution in [3.63, 3.8) is 0 Å². The van der Waals surface area contributed by atoms with E-state index in [9.17, 15) is 9.59 Å². The zero-order chi connectivity index (χ0) is 22.0. The average molecular weight is 425 g/mol. The minimum Gasteiger partial charge on any atom is -0.487 e. The van der Waals surface area contributed by atoms with Crippen molar-refractivity contribution in [1.82, 2.24) is 10.2 Å². The van der Waals surface area contributed by atoms with E-state index in [4.69, 9.17) is 10.5 Å². The number of nitrogens with one attached hydrogen (secondary N) is 1. The lowest BCUT2D eigenvalue weighted by atomic mass is 9.73. The zero-order valence-corrected chi connectivity index (χ0v) is 18.6. The lowest BCUT2D eigenvalue weighted by Crippen LogP contribution is -2.52. The highest BCUT2D eigenvalue weighted by molar-refractivity contribution is 5.99. The number of rotatable bonds is 4. The van der Waals surface area contributed by atoms with Crippen molar-refractivity contribution in [2.75, 3.05) is 6.54 Å². The van der Waals surface area contributed by atoms with Gasteiger partial charge in [0.1, 0.15) is 11.4 Å². The molecule has 3 N–H and O–H groups in total. The number of carbonyl (C=O) groups is 2. The Morgan fingerprint density at radius 3 is 2.68 bits per heavy atom. The fourth-order valence-electron chi connectivity index (χ4n) is 5.42. The second kappa shape index (κ2) is 6.71. The van der Waals surface area contributed by atoms with Crippen molar-refractivity contribution in [2.24, 2.45) is 22.1 Å². The summed E-state index contributed by atoms with van der Waals surface area (Å²) in [6, 6.07) is 7.99. The molecule has 2 fully saturated rings. The molecule has 0 aromatic heterocycles. The van der Waals surface area contributed by atoms with Crippen molar-refractivity contribution in [1.29, 1.82) is 0 Å². The van der Waals surface area contributed by atoms with Crippen molar-refractivity contribution in [2.45, 2.75) is 76.5 Å². The van der Waals surface area contributed by atoms with E-state index >= 15 is 0 Å². The van der Waals surface area contributed by atoms with E-state index in [2.05, 4.69) is 17.2 Å². The van der Waals surface area contributed by atoms with E-state index in [0.717, 1.165) is 37.0 Å². The second-order valence-electron chi connectivity index (χ2n) is 10.8. The maximum Gasteiger partial charge on any atom is 0.231 e. The predicted octanol–water partition coefficient (Wildman–Crippen LogP) is 2.90. The molecule has 166 valence electrons. The quantitative estimate of drug-likeness (QED) is 0.777. The molecule has 2 aliphatic carbocycles. The minimum absolute atomic E-state index is 0.0185. The third kappa shape index (κ3) is 3.58. The van der Waals surface area contributed by atoms with Crippen LogP contribution in [0.1, 0.15) is 70.9 Å². The van der Waals surface area contributed by atoms with Crippen molar-refractivity contribution < 1.29 is 14.3 Å². The van der Waals surface area contributed by atoms with E-state index in [1.54, 1.807) is 4.90 Å². The summed E-state index contributed by atoms with van der Waals surface area (Å²) in [4.78, 5) is 31.9. The van der Waals surface area contributed by atoms with Crippen LogP contribution < -0.4 is 15.8 Å². The molecule has 7 heteroatoms. The Morgan fingerprint density at radius 1 is 1.26 bits per heavy atom. The molecule has 31 heavy (non-hydrogen) atoms. The smallest absolute Gasteiger partial charge is 0.231 e. The van der Waals surface area contributed by atoms with Gasteiger partial charge in [-0.2, -0.15) is 0 Å². The van der Waals surface area contributed by atoms with E-state index in [1.807, 2.05) is 38.1 Å². The van der Waals surface area contributed by atoms with Gasteiger partial charge in [0.05, 0.1) is 18.0 Å². The number of nitrogens with two attached hydrogens (primary N) is 1. The Kier molecular flexibility index (Phi) is 4.40.